The van der Waals surface area contributed by atoms with Crippen LogP contribution in [0.2, 0.25) is 0 Å². The summed E-state index contributed by atoms with van der Waals surface area (Å²) in [6.45, 7) is 1.30. The summed E-state index contributed by atoms with van der Waals surface area (Å²) in [5, 5.41) is 10.7. The maximum absolute atomic E-state index is 12.5. The van der Waals surface area contributed by atoms with Crippen molar-refractivity contribution in [1.82, 2.24) is 0 Å². The first kappa shape index (κ1) is 24.8. The maximum atomic E-state index is 12.5. The monoisotopic (exact) mass is 488 g/mol. The van der Waals surface area contributed by atoms with Crippen LogP contribution in [0, 0.1) is 6.92 Å². The van der Waals surface area contributed by atoms with Crippen LogP contribution >= 0.6 is 0 Å². The number of aliphatic hydroxyl groups excluding tert-OH is 1. The SMILES string of the molecule is Cc1ccc(S(=O)(=O)OC[C@H](O)COC(c2ccccc2)(c2ccccc2)c2ccccc2)cc1. The number of benzene rings is 4. The summed E-state index contributed by atoms with van der Waals surface area (Å²) < 4.78 is 36.7. The Morgan fingerprint density at radius 2 is 1.11 bits per heavy atom. The normalized spacial score (nSPS) is 12.9. The smallest absolute Gasteiger partial charge is 0.297 e. The lowest BCUT2D eigenvalue weighted by Crippen LogP contribution is -2.37. The van der Waals surface area contributed by atoms with Gasteiger partial charge in [-0.05, 0) is 35.7 Å². The van der Waals surface area contributed by atoms with Crippen molar-refractivity contribution in [2.45, 2.75) is 23.5 Å². The van der Waals surface area contributed by atoms with Crippen LogP contribution in [0.5, 0.6) is 0 Å². The predicted molar refractivity (Wildman–Crippen MR) is 135 cm³/mol. The molecule has 0 saturated carbocycles. The summed E-state index contributed by atoms with van der Waals surface area (Å²) in [6.07, 6.45) is -1.18. The van der Waals surface area contributed by atoms with Gasteiger partial charge in [-0.2, -0.15) is 8.42 Å². The van der Waals surface area contributed by atoms with Crippen molar-refractivity contribution in [2.24, 2.45) is 0 Å². The average Bonchev–Trinajstić information content (AvgIpc) is 2.90. The van der Waals surface area contributed by atoms with Gasteiger partial charge in [0, 0.05) is 0 Å². The van der Waals surface area contributed by atoms with Crippen molar-refractivity contribution < 1.29 is 22.4 Å². The molecule has 5 nitrogen and oxygen atoms in total. The highest BCUT2D eigenvalue weighted by Crippen LogP contribution is 2.40. The lowest BCUT2D eigenvalue weighted by atomic mass is 9.80. The van der Waals surface area contributed by atoms with Gasteiger partial charge in [-0.1, -0.05) is 109 Å². The first-order chi connectivity index (χ1) is 16.9. The van der Waals surface area contributed by atoms with E-state index in [4.69, 9.17) is 8.92 Å². The summed E-state index contributed by atoms with van der Waals surface area (Å²) in [5.74, 6) is 0. The Bertz CT molecular complexity index is 1210. The lowest BCUT2D eigenvalue weighted by Gasteiger charge is -2.36. The fraction of sp³-hybridized carbons (Fsp3) is 0.172. The Balaban J connectivity index is 1.60. The lowest BCUT2D eigenvalue weighted by molar-refractivity contribution is -0.0487. The van der Waals surface area contributed by atoms with Gasteiger partial charge in [0.1, 0.15) is 11.7 Å². The maximum Gasteiger partial charge on any atom is 0.297 e. The molecule has 1 atom stereocenters. The van der Waals surface area contributed by atoms with Crippen molar-refractivity contribution in [1.29, 1.82) is 0 Å². The van der Waals surface area contributed by atoms with Gasteiger partial charge in [0.05, 0.1) is 18.1 Å². The zero-order chi connectivity index (χ0) is 24.7. The van der Waals surface area contributed by atoms with E-state index in [1.165, 1.54) is 12.1 Å². The average molecular weight is 489 g/mol. The van der Waals surface area contributed by atoms with Gasteiger partial charge in [-0.3, -0.25) is 4.18 Å². The minimum atomic E-state index is -4.00. The molecule has 4 rings (SSSR count). The summed E-state index contributed by atoms with van der Waals surface area (Å²) in [5.41, 5.74) is 2.59. The first-order valence-electron chi connectivity index (χ1n) is 11.4. The largest absolute Gasteiger partial charge is 0.388 e. The molecule has 0 aliphatic heterocycles. The highest BCUT2D eigenvalue weighted by Gasteiger charge is 2.38. The van der Waals surface area contributed by atoms with Gasteiger partial charge in [0.2, 0.25) is 0 Å². The molecule has 0 fully saturated rings. The molecule has 4 aromatic carbocycles. The van der Waals surface area contributed by atoms with E-state index in [0.29, 0.717) is 0 Å². The molecule has 0 aromatic heterocycles. The number of ether oxygens (including phenoxy) is 1. The van der Waals surface area contributed by atoms with Crippen molar-refractivity contribution in [3.8, 4) is 0 Å². The second-order valence-corrected chi connectivity index (χ2v) is 9.91. The second kappa shape index (κ2) is 11.0. The summed E-state index contributed by atoms with van der Waals surface area (Å²) in [4.78, 5) is 0.0448. The van der Waals surface area contributed by atoms with E-state index in [2.05, 4.69) is 0 Å². The molecule has 0 aliphatic rings. The molecule has 1 N–H and O–H groups in total. The molecule has 0 amide bonds. The van der Waals surface area contributed by atoms with E-state index in [1.54, 1.807) is 12.1 Å². The number of hydrogen-bond acceptors (Lipinski definition) is 5. The van der Waals surface area contributed by atoms with Crippen LogP contribution in [-0.2, 0) is 24.6 Å². The van der Waals surface area contributed by atoms with E-state index in [0.717, 1.165) is 22.3 Å². The third-order valence-corrected chi connectivity index (χ3v) is 7.05. The van der Waals surface area contributed by atoms with Crippen LogP contribution in [0.1, 0.15) is 22.3 Å². The summed E-state index contributed by atoms with van der Waals surface area (Å²) in [6, 6.07) is 35.7. The Hall–Kier alpha value is -3.29. The quantitative estimate of drug-likeness (QED) is 0.249. The van der Waals surface area contributed by atoms with Gasteiger partial charge in [0.25, 0.3) is 10.1 Å². The van der Waals surface area contributed by atoms with Crippen LogP contribution in [0.3, 0.4) is 0 Å². The number of hydrogen-bond donors (Lipinski definition) is 1. The molecular weight excluding hydrogens is 460 g/mol. The molecule has 0 aliphatic carbocycles. The minimum absolute atomic E-state index is 0.0448. The molecule has 0 spiro atoms. The third-order valence-electron chi connectivity index (χ3n) is 5.76. The van der Waals surface area contributed by atoms with Gasteiger partial charge < -0.3 is 9.84 Å². The zero-order valence-corrected chi connectivity index (χ0v) is 20.3. The van der Waals surface area contributed by atoms with E-state index in [1.807, 2.05) is 97.9 Å². The molecule has 0 unspecified atom stereocenters. The van der Waals surface area contributed by atoms with E-state index in [9.17, 15) is 13.5 Å². The van der Waals surface area contributed by atoms with E-state index in [-0.39, 0.29) is 11.5 Å². The van der Waals surface area contributed by atoms with Crippen molar-refractivity contribution in [3.05, 3.63) is 138 Å². The van der Waals surface area contributed by atoms with Crippen LogP contribution in [0.25, 0.3) is 0 Å². The Morgan fingerprint density at radius 3 is 1.54 bits per heavy atom. The fourth-order valence-corrected chi connectivity index (χ4v) is 4.92. The van der Waals surface area contributed by atoms with Gasteiger partial charge >= 0.3 is 0 Å². The molecule has 0 radical (unpaired) electrons. The summed E-state index contributed by atoms with van der Waals surface area (Å²) >= 11 is 0. The molecule has 6 heteroatoms. The minimum Gasteiger partial charge on any atom is -0.388 e. The molecular formula is C29H28O5S. The Labute approximate surface area is 206 Å². The Morgan fingerprint density at radius 1 is 0.686 bits per heavy atom. The first-order valence-corrected chi connectivity index (χ1v) is 12.8. The third kappa shape index (κ3) is 5.69. The van der Waals surface area contributed by atoms with Gasteiger partial charge in [-0.15, -0.1) is 0 Å². The molecule has 0 bridgehead atoms. The number of aryl methyl sites for hydroxylation is 1. The fourth-order valence-electron chi connectivity index (χ4n) is 3.98. The number of aliphatic hydroxyl groups is 1. The van der Waals surface area contributed by atoms with Crippen LogP contribution in [0.15, 0.2) is 120 Å². The molecule has 4 aromatic rings. The topological polar surface area (TPSA) is 72.8 Å². The van der Waals surface area contributed by atoms with E-state index >= 15 is 0 Å². The highest BCUT2D eigenvalue weighted by molar-refractivity contribution is 7.86. The molecule has 0 heterocycles. The van der Waals surface area contributed by atoms with Gasteiger partial charge in [0.15, 0.2) is 0 Å². The van der Waals surface area contributed by atoms with Crippen molar-refractivity contribution >= 4 is 10.1 Å². The van der Waals surface area contributed by atoms with E-state index < -0.39 is 28.4 Å². The van der Waals surface area contributed by atoms with Crippen LogP contribution < -0.4 is 0 Å². The van der Waals surface area contributed by atoms with Crippen LogP contribution in [-0.4, -0.2) is 32.8 Å². The number of rotatable bonds is 10. The van der Waals surface area contributed by atoms with Crippen molar-refractivity contribution in [3.63, 3.8) is 0 Å². The zero-order valence-electron chi connectivity index (χ0n) is 19.4. The summed E-state index contributed by atoms with van der Waals surface area (Å²) in [7, 11) is -4.00. The standard InChI is InChI=1S/C29H28O5S/c1-23-17-19-28(20-18-23)35(31,32)34-22-27(30)21-33-29(24-11-5-2-6-12-24,25-13-7-3-8-14-25)26-15-9-4-10-16-26/h2-20,27,30H,21-22H2,1H3/t27-/m1/s1. The predicted octanol–water partition coefficient (Wildman–Crippen LogP) is 5.07. The second-order valence-electron chi connectivity index (χ2n) is 8.30. The van der Waals surface area contributed by atoms with Crippen molar-refractivity contribution in [2.75, 3.05) is 13.2 Å². The Kier molecular flexibility index (Phi) is 7.78. The molecule has 180 valence electrons. The molecule has 35 heavy (non-hydrogen) atoms. The van der Waals surface area contributed by atoms with Gasteiger partial charge in [-0.25, -0.2) is 0 Å². The molecule has 0 saturated heterocycles. The van der Waals surface area contributed by atoms with Crippen LogP contribution in [0.4, 0.5) is 0 Å². The highest BCUT2D eigenvalue weighted by atomic mass is 32.2.